The van der Waals surface area contributed by atoms with Crippen molar-refractivity contribution >= 4 is 11.8 Å². The molecule has 0 atom stereocenters. The van der Waals surface area contributed by atoms with Gasteiger partial charge in [-0.2, -0.15) is 10.2 Å². The van der Waals surface area contributed by atoms with E-state index in [4.69, 9.17) is 0 Å². The number of nitrogens with one attached hydrogen (secondary N) is 2. The highest BCUT2D eigenvalue weighted by Crippen LogP contribution is 2.28. The van der Waals surface area contributed by atoms with E-state index in [1.165, 1.54) is 10.7 Å². The van der Waals surface area contributed by atoms with Crippen molar-refractivity contribution in [2.75, 3.05) is 0 Å². The molecular weight excluding hydrogens is 375 g/mol. The zero-order valence-electron chi connectivity index (χ0n) is 16.2. The molecule has 0 saturated heterocycles. The van der Waals surface area contributed by atoms with E-state index in [-0.39, 0.29) is 12.2 Å². The molecule has 0 saturated carbocycles. The van der Waals surface area contributed by atoms with E-state index in [9.17, 15) is 14.0 Å². The van der Waals surface area contributed by atoms with Gasteiger partial charge in [0.05, 0.1) is 5.69 Å². The zero-order valence-corrected chi connectivity index (χ0v) is 16.2. The van der Waals surface area contributed by atoms with Crippen LogP contribution in [-0.2, 0) is 24.2 Å². The Hall–Kier alpha value is -3.49. The second-order valence-corrected chi connectivity index (χ2v) is 7.08. The van der Waals surface area contributed by atoms with Crippen molar-refractivity contribution < 1.29 is 14.0 Å². The fourth-order valence-electron chi connectivity index (χ4n) is 3.64. The van der Waals surface area contributed by atoms with E-state index in [1.54, 1.807) is 22.9 Å². The molecular formula is C20H21FN6O2. The molecule has 1 aromatic carbocycles. The van der Waals surface area contributed by atoms with E-state index < -0.39 is 17.6 Å². The van der Waals surface area contributed by atoms with Gasteiger partial charge in [-0.05, 0) is 51.3 Å². The molecule has 2 aromatic heterocycles. The minimum atomic E-state index is -0.528. The smallest absolute Gasteiger partial charge is 0.271 e. The SMILES string of the molecule is Cc1cc(C)n(CC(=O)NNC(=O)c2nn(-c3ccccc3F)c3c2CCC3)n1. The first-order chi connectivity index (χ1) is 13.9. The van der Waals surface area contributed by atoms with Crippen LogP contribution in [0.5, 0.6) is 0 Å². The molecule has 150 valence electrons. The fourth-order valence-corrected chi connectivity index (χ4v) is 3.64. The molecule has 0 aliphatic heterocycles. The molecule has 2 N–H and O–H groups in total. The number of hydrogen-bond donors (Lipinski definition) is 2. The number of carbonyl (C=O) groups is 2. The number of amides is 2. The van der Waals surface area contributed by atoms with Crippen molar-refractivity contribution in [3.63, 3.8) is 0 Å². The number of aryl methyl sites for hydroxylation is 2. The molecule has 0 bridgehead atoms. The number of hydrogen-bond acceptors (Lipinski definition) is 4. The molecule has 4 rings (SSSR count). The van der Waals surface area contributed by atoms with Crippen LogP contribution in [0.3, 0.4) is 0 Å². The number of aromatic nitrogens is 4. The first-order valence-electron chi connectivity index (χ1n) is 9.40. The van der Waals surface area contributed by atoms with Crippen LogP contribution in [0.4, 0.5) is 4.39 Å². The molecule has 1 aliphatic rings. The highest BCUT2D eigenvalue weighted by molar-refractivity contribution is 5.95. The lowest BCUT2D eigenvalue weighted by Crippen LogP contribution is -2.43. The highest BCUT2D eigenvalue weighted by atomic mass is 19.1. The summed E-state index contributed by atoms with van der Waals surface area (Å²) < 4.78 is 17.3. The van der Waals surface area contributed by atoms with Crippen molar-refractivity contribution in [3.8, 4) is 5.69 Å². The first-order valence-corrected chi connectivity index (χ1v) is 9.40. The Balaban J connectivity index is 1.49. The van der Waals surface area contributed by atoms with Crippen LogP contribution in [0, 0.1) is 19.7 Å². The number of carbonyl (C=O) groups excluding carboxylic acids is 2. The monoisotopic (exact) mass is 396 g/mol. The lowest BCUT2D eigenvalue weighted by atomic mass is 10.2. The Morgan fingerprint density at radius 3 is 2.66 bits per heavy atom. The Morgan fingerprint density at radius 1 is 1.14 bits per heavy atom. The Labute approximate surface area is 166 Å². The molecule has 0 fully saturated rings. The van der Waals surface area contributed by atoms with Crippen molar-refractivity contribution in [1.82, 2.24) is 30.4 Å². The van der Waals surface area contributed by atoms with Gasteiger partial charge in [0.15, 0.2) is 5.69 Å². The fraction of sp³-hybridized carbons (Fsp3) is 0.300. The van der Waals surface area contributed by atoms with Crippen LogP contribution in [0.15, 0.2) is 30.3 Å². The number of para-hydroxylation sites is 1. The van der Waals surface area contributed by atoms with Gasteiger partial charge in [-0.15, -0.1) is 0 Å². The van der Waals surface area contributed by atoms with Crippen molar-refractivity contribution in [3.05, 3.63) is 64.5 Å². The Kier molecular flexibility index (Phi) is 4.87. The predicted octanol–water partition coefficient (Wildman–Crippen LogP) is 1.77. The van der Waals surface area contributed by atoms with Crippen LogP contribution in [0.1, 0.15) is 39.6 Å². The lowest BCUT2D eigenvalue weighted by molar-refractivity contribution is -0.122. The number of benzene rings is 1. The van der Waals surface area contributed by atoms with Crippen molar-refractivity contribution in [1.29, 1.82) is 0 Å². The summed E-state index contributed by atoms with van der Waals surface area (Å²) in [6.45, 7) is 3.68. The zero-order chi connectivity index (χ0) is 20.5. The summed E-state index contributed by atoms with van der Waals surface area (Å²) >= 11 is 0. The summed E-state index contributed by atoms with van der Waals surface area (Å²) in [4.78, 5) is 24.8. The summed E-state index contributed by atoms with van der Waals surface area (Å²) in [6.07, 6.45) is 2.27. The third-order valence-electron chi connectivity index (χ3n) is 4.94. The molecule has 2 heterocycles. The normalized spacial score (nSPS) is 12.7. The van der Waals surface area contributed by atoms with Crippen LogP contribution in [0.2, 0.25) is 0 Å². The third kappa shape index (κ3) is 3.63. The maximum absolute atomic E-state index is 14.2. The molecule has 9 heteroatoms. The van der Waals surface area contributed by atoms with Gasteiger partial charge in [0.1, 0.15) is 18.0 Å². The molecule has 3 aromatic rings. The van der Waals surface area contributed by atoms with E-state index in [0.717, 1.165) is 29.1 Å². The van der Waals surface area contributed by atoms with Gasteiger partial charge in [-0.25, -0.2) is 9.07 Å². The van der Waals surface area contributed by atoms with Crippen LogP contribution in [-0.4, -0.2) is 31.4 Å². The average molecular weight is 396 g/mol. The topological polar surface area (TPSA) is 93.8 Å². The molecule has 29 heavy (non-hydrogen) atoms. The minimum absolute atomic E-state index is 0.0122. The summed E-state index contributed by atoms with van der Waals surface area (Å²) in [5, 5.41) is 8.56. The second kappa shape index (κ2) is 7.50. The molecule has 1 aliphatic carbocycles. The number of fused-ring (bicyclic) bond motifs is 1. The van der Waals surface area contributed by atoms with Gasteiger partial charge in [0.2, 0.25) is 0 Å². The van der Waals surface area contributed by atoms with E-state index in [2.05, 4.69) is 21.0 Å². The van der Waals surface area contributed by atoms with Gasteiger partial charge in [0, 0.05) is 17.0 Å². The third-order valence-corrected chi connectivity index (χ3v) is 4.94. The number of nitrogens with zero attached hydrogens (tertiary/aromatic N) is 4. The van der Waals surface area contributed by atoms with Crippen LogP contribution in [0.25, 0.3) is 5.69 Å². The van der Waals surface area contributed by atoms with Crippen molar-refractivity contribution in [2.45, 2.75) is 39.7 Å². The Bertz CT molecular complexity index is 1100. The molecule has 0 spiro atoms. The standard InChI is InChI=1S/C20H21FN6O2/c1-12-10-13(2)26(24-12)11-18(28)22-23-20(29)19-14-6-5-9-16(14)27(25-19)17-8-4-3-7-15(17)21/h3-4,7-8,10H,5-6,9,11H2,1-2H3,(H,22,28)(H,23,29). The van der Waals surface area contributed by atoms with Gasteiger partial charge in [-0.3, -0.25) is 25.1 Å². The lowest BCUT2D eigenvalue weighted by Gasteiger charge is -2.08. The van der Waals surface area contributed by atoms with Gasteiger partial charge >= 0.3 is 0 Å². The maximum atomic E-state index is 14.2. The second-order valence-electron chi connectivity index (χ2n) is 7.08. The van der Waals surface area contributed by atoms with Gasteiger partial charge < -0.3 is 0 Å². The molecule has 0 radical (unpaired) electrons. The number of rotatable bonds is 4. The van der Waals surface area contributed by atoms with Gasteiger partial charge in [0.25, 0.3) is 11.8 Å². The van der Waals surface area contributed by atoms with E-state index in [1.807, 2.05) is 19.9 Å². The van der Waals surface area contributed by atoms with E-state index >= 15 is 0 Å². The van der Waals surface area contributed by atoms with Crippen molar-refractivity contribution in [2.24, 2.45) is 0 Å². The summed E-state index contributed by atoms with van der Waals surface area (Å²) in [5.41, 5.74) is 8.59. The Morgan fingerprint density at radius 2 is 1.93 bits per heavy atom. The number of halogens is 1. The highest BCUT2D eigenvalue weighted by Gasteiger charge is 2.28. The summed E-state index contributed by atoms with van der Waals surface area (Å²) in [6, 6.07) is 8.18. The summed E-state index contributed by atoms with van der Waals surface area (Å²) in [7, 11) is 0. The first kappa shape index (κ1) is 18.9. The van der Waals surface area contributed by atoms with Crippen LogP contribution >= 0.6 is 0 Å². The largest absolute Gasteiger partial charge is 0.290 e. The number of hydrazine groups is 1. The molecule has 0 unspecified atom stereocenters. The predicted molar refractivity (Wildman–Crippen MR) is 103 cm³/mol. The average Bonchev–Trinajstić information content (AvgIpc) is 3.36. The van der Waals surface area contributed by atoms with Crippen LogP contribution < -0.4 is 10.9 Å². The minimum Gasteiger partial charge on any atom is -0.271 e. The summed E-state index contributed by atoms with van der Waals surface area (Å²) in [5.74, 6) is -1.34. The molecule has 2 amide bonds. The van der Waals surface area contributed by atoms with Gasteiger partial charge in [-0.1, -0.05) is 12.1 Å². The van der Waals surface area contributed by atoms with E-state index in [0.29, 0.717) is 18.5 Å². The molecule has 8 nitrogen and oxygen atoms in total. The quantitative estimate of drug-likeness (QED) is 0.658. The maximum Gasteiger partial charge on any atom is 0.290 e.